The van der Waals surface area contributed by atoms with Crippen LogP contribution in [0, 0.1) is 5.41 Å². The number of hydrogen-bond donors (Lipinski definition) is 3. The highest BCUT2D eigenvalue weighted by Gasteiger charge is 2.40. The van der Waals surface area contributed by atoms with Crippen molar-refractivity contribution in [1.82, 2.24) is 4.98 Å². The zero-order valence-corrected chi connectivity index (χ0v) is 16.4. The normalized spacial score (nSPS) is 20.2. The van der Waals surface area contributed by atoms with Crippen molar-refractivity contribution in [3.05, 3.63) is 65.4 Å². The van der Waals surface area contributed by atoms with Crippen LogP contribution >= 0.6 is 0 Å². The van der Waals surface area contributed by atoms with E-state index >= 15 is 0 Å². The topological polar surface area (TPSA) is 82.5 Å². The van der Waals surface area contributed by atoms with E-state index in [1.807, 2.05) is 24.3 Å². The number of carbonyl (C=O) groups excluding carboxylic acids is 1. The first-order valence-electron chi connectivity index (χ1n) is 9.77. The molecule has 3 N–H and O–H groups in total. The Morgan fingerprint density at radius 3 is 2.69 bits per heavy atom. The highest BCUT2D eigenvalue weighted by atomic mass is 16.3. The summed E-state index contributed by atoms with van der Waals surface area (Å²) in [5, 5.41) is 24.3. The van der Waals surface area contributed by atoms with E-state index in [1.54, 1.807) is 12.3 Å². The Morgan fingerprint density at radius 2 is 1.90 bits per heavy atom. The van der Waals surface area contributed by atoms with E-state index in [0.29, 0.717) is 6.42 Å². The van der Waals surface area contributed by atoms with Crippen molar-refractivity contribution in [3.8, 4) is 11.5 Å². The van der Waals surface area contributed by atoms with Crippen molar-refractivity contribution in [2.75, 3.05) is 5.32 Å². The van der Waals surface area contributed by atoms with Crippen LogP contribution in [0.2, 0.25) is 0 Å². The number of aromatic nitrogens is 1. The quantitative estimate of drug-likeness (QED) is 0.515. The second-order valence-corrected chi connectivity index (χ2v) is 8.72. The molecule has 0 amide bonds. The molecule has 1 aromatic heterocycles. The molecule has 1 aliphatic carbocycles. The predicted molar refractivity (Wildman–Crippen MR) is 113 cm³/mol. The molecule has 3 aromatic rings. The number of phenolic OH excluding ortho intramolecular Hbond substituents is 2. The Kier molecular flexibility index (Phi) is 3.72. The van der Waals surface area contributed by atoms with Gasteiger partial charge in [-0.1, -0.05) is 26.0 Å². The molecular formula is C24H22N2O3. The molecule has 146 valence electrons. The predicted octanol–water partition coefficient (Wildman–Crippen LogP) is 4.96. The van der Waals surface area contributed by atoms with Crippen LogP contribution < -0.4 is 5.32 Å². The maximum absolute atomic E-state index is 13.3. The first-order valence-corrected chi connectivity index (χ1v) is 9.77. The highest BCUT2D eigenvalue weighted by Crippen LogP contribution is 2.52. The molecule has 0 saturated heterocycles. The number of fused-ring (bicyclic) bond motifs is 4. The number of hydrogen-bond acceptors (Lipinski definition) is 5. The number of Topliss-reactive ketones (excluding diaryl/α,β-unsaturated/α-hetero) is 1. The first-order chi connectivity index (χ1) is 13.8. The van der Waals surface area contributed by atoms with Crippen molar-refractivity contribution in [2.45, 2.75) is 32.7 Å². The van der Waals surface area contributed by atoms with E-state index in [2.05, 4.69) is 24.1 Å². The van der Waals surface area contributed by atoms with Crippen LogP contribution in [0.1, 0.15) is 43.9 Å². The van der Waals surface area contributed by atoms with E-state index in [1.165, 1.54) is 12.1 Å². The average Bonchev–Trinajstić information content (AvgIpc) is 2.68. The number of pyridine rings is 1. The third-order valence-electron chi connectivity index (χ3n) is 5.93. The molecule has 5 rings (SSSR count). The summed E-state index contributed by atoms with van der Waals surface area (Å²) in [5.41, 5.74) is 5.32. The fraction of sp³-hybridized carbons (Fsp3) is 0.250. The van der Waals surface area contributed by atoms with Gasteiger partial charge in [0, 0.05) is 34.8 Å². The molecule has 29 heavy (non-hydrogen) atoms. The molecule has 2 aromatic carbocycles. The van der Waals surface area contributed by atoms with Gasteiger partial charge in [-0.2, -0.15) is 0 Å². The molecule has 0 unspecified atom stereocenters. The molecule has 2 heterocycles. The van der Waals surface area contributed by atoms with E-state index in [0.717, 1.165) is 45.3 Å². The fourth-order valence-corrected chi connectivity index (χ4v) is 4.69. The third kappa shape index (κ3) is 2.77. The van der Waals surface area contributed by atoms with Crippen molar-refractivity contribution in [2.24, 2.45) is 5.41 Å². The monoisotopic (exact) mass is 386 g/mol. The number of anilines is 1. The first kappa shape index (κ1) is 17.7. The minimum atomic E-state index is -0.373. The molecule has 0 fully saturated rings. The SMILES string of the molecule is CC1(C)CC(=O)C2=C(C1)c1c(ccc3ncccc13)N[C@H]2c1ccc(O)c(O)c1. The fourth-order valence-electron chi connectivity index (χ4n) is 4.69. The molecule has 0 bridgehead atoms. The maximum Gasteiger partial charge on any atom is 0.162 e. The molecule has 0 radical (unpaired) electrons. The Labute approximate surface area is 168 Å². The summed E-state index contributed by atoms with van der Waals surface area (Å²) in [5.74, 6) is -0.247. The highest BCUT2D eigenvalue weighted by molar-refractivity contribution is 6.12. The Balaban J connectivity index is 1.80. The van der Waals surface area contributed by atoms with Crippen LogP contribution in [0.25, 0.3) is 16.5 Å². The van der Waals surface area contributed by atoms with Crippen LogP contribution in [0.4, 0.5) is 5.69 Å². The second kappa shape index (κ2) is 6.08. The molecular weight excluding hydrogens is 364 g/mol. The van der Waals surface area contributed by atoms with Crippen LogP contribution in [0.3, 0.4) is 0 Å². The van der Waals surface area contributed by atoms with Crippen molar-refractivity contribution < 1.29 is 15.0 Å². The van der Waals surface area contributed by atoms with Gasteiger partial charge in [0.25, 0.3) is 0 Å². The van der Waals surface area contributed by atoms with Gasteiger partial charge in [0.1, 0.15) is 0 Å². The molecule has 0 saturated carbocycles. The lowest BCUT2D eigenvalue weighted by Gasteiger charge is -2.40. The van der Waals surface area contributed by atoms with Gasteiger partial charge in [-0.3, -0.25) is 9.78 Å². The van der Waals surface area contributed by atoms with Crippen molar-refractivity contribution in [3.63, 3.8) is 0 Å². The number of allylic oxidation sites excluding steroid dienone is 1. The van der Waals surface area contributed by atoms with E-state index in [4.69, 9.17) is 0 Å². The standard InChI is InChI=1S/C24H22N2O3/c1-24(2)11-15-21-14-4-3-9-25-16(14)6-7-17(21)26-23(22(15)20(29)12-24)13-5-8-18(27)19(28)10-13/h3-10,23,26-28H,11-12H2,1-2H3/t23-/m0/s1. The molecule has 1 aliphatic heterocycles. The van der Waals surface area contributed by atoms with Crippen LogP contribution in [0.5, 0.6) is 11.5 Å². The van der Waals surface area contributed by atoms with Gasteiger partial charge in [0.05, 0.1) is 11.6 Å². The maximum atomic E-state index is 13.3. The summed E-state index contributed by atoms with van der Waals surface area (Å²) in [6, 6.07) is 12.3. The summed E-state index contributed by atoms with van der Waals surface area (Å²) in [6.07, 6.45) is 3.04. The van der Waals surface area contributed by atoms with Crippen LogP contribution in [-0.2, 0) is 4.79 Å². The van der Waals surface area contributed by atoms with Gasteiger partial charge in [0.15, 0.2) is 17.3 Å². The van der Waals surface area contributed by atoms with E-state index in [9.17, 15) is 15.0 Å². The zero-order valence-electron chi connectivity index (χ0n) is 16.4. The minimum absolute atomic E-state index is 0.118. The summed E-state index contributed by atoms with van der Waals surface area (Å²) in [7, 11) is 0. The van der Waals surface area contributed by atoms with Gasteiger partial charge in [-0.05, 0) is 53.3 Å². The molecule has 5 heteroatoms. The number of carbonyl (C=O) groups is 1. The average molecular weight is 386 g/mol. The number of phenols is 2. The number of rotatable bonds is 1. The van der Waals surface area contributed by atoms with E-state index < -0.39 is 0 Å². The Hall–Kier alpha value is -3.34. The lowest BCUT2D eigenvalue weighted by atomic mass is 9.68. The van der Waals surface area contributed by atoms with Crippen molar-refractivity contribution >= 4 is 27.9 Å². The molecule has 5 nitrogen and oxygen atoms in total. The Morgan fingerprint density at radius 1 is 1.07 bits per heavy atom. The van der Waals surface area contributed by atoms with Gasteiger partial charge in [0.2, 0.25) is 0 Å². The molecule has 1 atom stereocenters. The summed E-state index contributed by atoms with van der Waals surface area (Å²) in [4.78, 5) is 17.8. The second-order valence-electron chi connectivity index (χ2n) is 8.72. The summed E-state index contributed by atoms with van der Waals surface area (Å²) < 4.78 is 0. The van der Waals surface area contributed by atoms with Gasteiger partial charge < -0.3 is 15.5 Å². The summed E-state index contributed by atoms with van der Waals surface area (Å²) >= 11 is 0. The zero-order chi connectivity index (χ0) is 20.3. The lowest BCUT2D eigenvalue weighted by Crippen LogP contribution is -2.33. The summed E-state index contributed by atoms with van der Waals surface area (Å²) in [6.45, 7) is 4.25. The van der Waals surface area contributed by atoms with Crippen LogP contribution in [-0.4, -0.2) is 21.0 Å². The molecule has 2 aliphatic rings. The van der Waals surface area contributed by atoms with E-state index in [-0.39, 0.29) is 28.7 Å². The van der Waals surface area contributed by atoms with Gasteiger partial charge >= 0.3 is 0 Å². The number of nitrogens with zero attached hydrogens (tertiary/aromatic N) is 1. The number of benzene rings is 2. The van der Waals surface area contributed by atoms with Crippen molar-refractivity contribution in [1.29, 1.82) is 0 Å². The Bertz CT molecular complexity index is 1210. The number of nitrogens with one attached hydrogen (secondary N) is 1. The van der Waals surface area contributed by atoms with Gasteiger partial charge in [-0.25, -0.2) is 0 Å². The number of aromatic hydroxyl groups is 2. The molecule has 0 spiro atoms. The van der Waals surface area contributed by atoms with Gasteiger partial charge in [-0.15, -0.1) is 0 Å². The largest absolute Gasteiger partial charge is 0.504 e. The van der Waals surface area contributed by atoms with Crippen LogP contribution in [0.15, 0.2) is 54.2 Å². The third-order valence-corrected chi connectivity index (χ3v) is 5.93. The smallest absolute Gasteiger partial charge is 0.162 e. The lowest BCUT2D eigenvalue weighted by molar-refractivity contribution is -0.118. The minimum Gasteiger partial charge on any atom is -0.504 e. The number of ketones is 1.